The first-order chi connectivity index (χ1) is 7.13. The Hall–Kier alpha value is -1.22. The van der Waals surface area contributed by atoms with Gasteiger partial charge in [0.2, 0.25) is 0 Å². The van der Waals surface area contributed by atoms with Gasteiger partial charge in [0.1, 0.15) is 0 Å². The predicted molar refractivity (Wildman–Crippen MR) is 61.8 cm³/mol. The first-order valence-corrected chi connectivity index (χ1v) is 5.06. The third-order valence-electron chi connectivity index (χ3n) is 2.66. The molecule has 0 spiro atoms. The van der Waals surface area contributed by atoms with Crippen molar-refractivity contribution in [2.75, 3.05) is 20.8 Å². The molecule has 0 aliphatic carbocycles. The molecule has 1 aromatic rings. The summed E-state index contributed by atoms with van der Waals surface area (Å²) in [6, 6.07) is 3.99. The molecule has 0 aromatic heterocycles. The average Bonchev–Trinajstić information content (AvgIpc) is 2.27. The summed E-state index contributed by atoms with van der Waals surface area (Å²) in [6.45, 7) is 4.80. The molecule has 0 heterocycles. The first-order valence-electron chi connectivity index (χ1n) is 5.06. The highest BCUT2D eigenvalue weighted by Crippen LogP contribution is 2.33. The van der Waals surface area contributed by atoms with Gasteiger partial charge < -0.3 is 15.2 Å². The van der Waals surface area contributed by atoms with Gasteiger partial charge in [-0.2, -0.15) is 0 Å². The van der Waals surface area contributed by atoms with Gasteiger partial charge in [0.15, 0.2) is 11.5 Å². The van der Waals surface area contributed by atoms with E-state index in [2.05, 4.69) is 13.8 Å². The van der Waals surface area contributed by atoms with Gasteiger partial charge in [-0.05, 0) is 42.6 Å². The van der Waals surface area contributed by atoms with Gasteiger partial charge >= 0.3 is 0 Å². The zero-order valence-electron chi connectivity index (χ0n) is 9.83. The number of hydrogen-bond donors (Lipinski definition) is 1. The Morgan fingerprint density at radius 2 is 1.73 bits per heavy atom. The van der Waals surface area contributed by atoms with Crippen molar-refractivity contribution in [1.82, 2.24) is 0 Å². The molecule has 84 valence electrons. The number of nitrogens with two attached hydrogens (primary N) is 1. The monoisotopic (exact) mass is 209 g/mol. The molecule has 0 radical (unpaired) electrons. The van der Waals surface area contributed by atoms with E-state index in [4.69, 9.17) is 15.2 Å². The molecule has 0 amide bonds. The number of methoxy groups -OCH3 is 2. The molecular weight excluding hydrogens is 190 g/mol. The second-order valence-electron chi connectivity index (χ2n) is 3.70. The molecule has 0 bridgehead atoms. The minimum absolute atomic E-state index is 0.338. The van der Waals surface area contributed by atoms with Gasteiger partial charge in [-0.25, -0.2) is 0 Å². The largest absolute Gasteiger partial charge is 0.493 e. The molecule has 3 nitrogen and oxygen atoms in total. The fraction of sp³-hybridized carbons (Fsp3) is 0.500. The maximum absolute atomic E-state index is 5.66. The highest BCUT2D eigenvalue weighted by atomic mass is 16.5. The van der Waals surface area contributed by atoms with Crippen LogP contribution in [0.5, 0.6) is 11.5 Å². The number of rotatable bonds is 4. The number of ether oxygens (including phenoxy) is 2. The summed E-state index contributed by atoms with van der Waals surface area (Å²) in [5, 5.41) is 0. The van der Waals surface area contributed by atoms with Crippen molar-refractivity contribution in [2.24, 2.45) is 5.73 Å². The second-order valence-corrected chi connectivity index (χ2v) is 3.70. The van der Waals surface area contributed by atoms with Crippen LogP contribution in [0.3, 0.4) is 0 Å². The lowest BCUT2D eigenvalue weighted by Crippen LogP contribution is -2.10. The van der Waals surface area contributed by atoms with Crippen LogP contribution >= 0.6 is 0 Å². The molecule has 1 unspecified atom stereocenters. The summed E-state index contributed by atoms with van der Waals surface area (Å²) in [5.74, 6) is 1.87. The topological polar surface area (TPSA) is 44.5 Å². The molecule has 1 atom stereocenters. The summed E-state index contributed by atoms with van der Waals surface area (Å²) in [4.78, 5) is 0. The van der Waals surface area contributed by atoms with Crippen molar-refractivity contribution < 1.29 is 9.47 Å². The molecular formula is C12H19NO2. The van der Waals surface area contributed by atoms with Crippen molar-refractivity contribution in [3.63, 3.8) is 0 Å². The van der Waals surface area contributed by atoms with Crippen LogP contribution in [-0.4, -0.2) is 20.8 Å². The Labute approximate surface area is 91.2 Å². The standard InChI is InChI=1S/C12H19NO2/c1-8-5-11(14-3)12(15-4)6-10(8)9(2)7-13/h5-6,9H,7,13H2,1-4H3. The van der Waals surface area contributed by atoms with E-state index in [1.165, 1.54) is 11.1 Å². The van der Waals surface area contributed by atoms with Gasteiger partial charge in [0.25, 0.3) is 0 Å². The summed E-state index contributed by atoms with van der Waals surface area (Å²) >= 11 is 0. The van der Waals surface area contributed by atoms with Crippen LogP contribution in [0.15, 0.2) is 12.1 Å². The van der Waals surface area contributed by atoms with Crippen LogP contribution in [0.1, 0.15) is 24.0 Å². The summed E-state index contributed by atoms with van der Waals surface area (Å²) in [5.41, 5.74) is 8.07. The maximum Gasteiger partial charge on any atom is 0.161 e. The number of aryl methyl sites for hydroxylation is 1. The minimum Gasteiger partial charge on any atom is -0.493 e. The fourth-order valence-electron chi connectivity index (χ4n) is 1.65. The molecule has 0 aliphatic heterocycles. The molecule has 15 heavy (non-hydrogen) atoms. The van der Waals surface area contributed by atoms with Gasteiger partial charge in [0.05, 0.1) is 14.2 Å². The van der Waals surface area contributed by atoms with Crippen molar-refractivity contribution in [2.45, 2.75) is 19.8 Å². The average molecular weight is 209 g/mol. The van der Waals surface area contributed by atoms with Crippen LogP contribution < -0.4 is 15.2 Å². The zero-order valence-corrected chi connectivity index (χ0v) is 9.83. The third-order valence-corrected chi connectivity index (χ3v) is 2.66. The Bertz CT molecular complexity index is 337. The van der Waals surface area contributed by atoms with Crippen molar-refractivity contribution >= 4 is 0 Å². The first kappa shape index (κ1) is 11.9. The van der Waals surface area contributed by atoms with E-state index in [1.54, 1.807) is 14.2 Å². The minimum atomic E-state index is 0.338. The Balaban J connectivity index is 3.19. The highest BCUT2D eigenvalue weighted by molar-refractivity contribution is 5.48. The third kappa shape index (κ3) is 2.42. The SMILES string of the molecule is COc1cc(C)c(C(C)CN)cc1OC. The van der Waals surface area contributed by atoms with Crippen LogP contribution in [0, 0.1) is 6.92 Å². The Kier molecular flexibility index (Phi) is 3.97. The van der Waals surface area contributed by atoms with E-state index in [1.807, 2.05) is 12.1 Å². The Morgan fingerprint density at radius 1 is 1.20 bits per heavy atom. The van der Waals surface area contributed by atoms with Gasteiger partial charge in [-0.1, -0.05) is 6.92 Å². The molecule has 0 fully saturated rings. The van der Waals surface area contributed by atoms with Gasteiger partial charge in [-0.15, -0.1) is 0 Å². The van der Waals surface area contributed by atoms with E-state index >= 15 is 0 Å². The van der Waals surface area contributed by atoms with Crippen molar-refractivity contribution in [3.8, 4) is 11.5 Å². The molecule has 1 rings (SSSR count). The normalized spacial score (nSPS) is 12.3. The molecule has 3 heteroatoms. The maximum atomic E-state index is 5.66. The molecule has 1 aromatic carbocycles. The Morgan fingerprint density at radius 3 is 2.20 bits per heavy atom. The summed E-state index contributed by atoms with van der Waals surface area (Å²) in [7, 11) is 3.29. The number of benzene rings is 1. The van der Waals surface area contributed by atoms with Crippen LogP contribution in [0.25, 0.3) is 0 Å². The zero-order chi connectivity index (χ0) is 11.4. The molecule has 2 N–H and O–H groups in total. The van der Waals surface area contributed by atoms with Crippen LogP contribution in [-0.2, 0) is 0 Å². The lowest BCUT2D eigenvalue weighted by atomic mass is 9.96. The second kappa shape index (κ2) is 5.03. The lowest BCUT2D eigenvalue weighted by Gasteiger charge is -2.16. The predicted octanol–water partition coefficient (Wildman–Crippen LogP) is 2.07. The number of hydrogen-bond acceptors (Lipinski definition) is 3. The van der Waals surface area contributed by atoms with Gasteiger partial charge in [0, 0.05) is 0 Å². The molecule has 0 saturated carbocycles. The van der Waals surface area contributed by atoms with Gasteiger partial charge in [-0.3, -0.25) is 0 Å². The van der Waals surface area contributed by atoms with E-state index in [9.17, 15) is 0 Å². The molecule has 0 saturated heterocycles. The van der Waals surface area contributed by atoms with Crippen LogP contribution in [0.4, 0.5) is 0 Å². The highest BCUT2D eigenvalue weighted by Gasteiger charge is 2.12. The smallest absolute Gasteiger partial charge is 0.161 e. The van der Waals surface area contributed by atoms with Crippen molar-refractivity contribution in [3.05, 3.63) is 23.3 Å². The quantitative estimate of drug-likeness (QED) is 0.825. The summed E-state index contributed by atoms with van der Waals surface area (Å²) < 4.78 is 10.5. The van der Waals surface area contributed by atoms with E-state index < -0.39 is 0 Å². The van der Waals surface area contributed by atoms with E-state index in [0.29, 0.717) is 12.5 Å². The molecule has 0 aliphatic rings. The van der Waals surface area contributed by atoms with E-state index in [0.717, 1.165) is 11.5 Å². The lowest BCUT2D eigenvalue weighted by molar-refractivity contribution is 0.354. The van der Waals surface area contributed by atoms with E-state index in [-0.39, 0.29) is 0 Å². The summed E-state index contributed by atoms with van der Waals surface area (Å²) in [6.07, 6.45) is 0. The fourth-order valence-corrected chi connectivity index (χ4v) is 1.65. The van der Waals surface area contributed by atoms with Crippen molar-refractivity contribution in [1.29, 1.82) is 0 Å². The van der Waals surface area contributed by atoms with Crippen LogP contribution in [0.2, 0.25) is 0 Å².